The Morgan fingerprint density at radius 2 is 2.20 bits per heavy atom. The maximum absolute atomic E-state index is 5.82. The van der Waals surface area contributed by atoms with E-state index in [4.69, 9.17) is 9.73 Å². The molecule has 1 aromatic rings. The minimum atomic E-state index is -0.111. The van der Waals surface area contributed by atoms with E-state index in [2.05, 4.69) is 45.5 Å². The van der Waals surface area contributed by atoms with Gasteiger partial charge in [0.2, 0.25) is 5.90 Å². The fourth-order valence-corrected chi connectivity index (χ4v) is 2.54. The van der Waals surface area contributed by atoms with Crippen LogP contribution in [0.25, 0.3) is 0 Å². The number of aryl methyl sites for hydroxylation is 1. The maximum Gasteiger partial charge on any atom is 0.217 e. The number of hydrogen-bond donors (Lipinski definition) is 0. The standard InChI is InChI=1S/C18H25NO/c1-5-7-10-14-11-8-12-16(15(14)9-6-2)17-19-18(3,4)13-20-17/h6,8,11-12H,2,5,7,9-10,13H2,1,3-4H3. The van der Waals surface area contributed by atoms with E-state index in [1.807, 2.05) is 6.08 Å². The highest BCUT2D eigenvalue weighted by Crippen LogP contribution is 2.25. The average Bonchev–Trinajstić information content (AvgIpc) is 2.78. The predicted octanol–water partition coefficient (Wildman–Crippen LogP) is 4.31. The van der Waals surface area contributed by atoms with Gasteiger partial charge in [-0.3, -0.25) is 0 Å². The van der Waals surface area contributed by atoms with Crippen molar-refractivity contribution < 1.29 is 4.74 Å². The van der Waals surface area contributed by atoms with Gasteiger partial charge in [-0.15, -0.1) is 6.58 Å². The molecule has 0 atom stereocenters. The third-order valence-electron chi connectivity index (χ3n) is 3.62. The molecule has 0 spiro atoms. The van der Waals surface area contributed by atoms with Crippen LogP contribution >= 0.6 is 0 Å². The zero-order valence-corrected chi connectivity index (χ0v) is 12.9. The SMILES string of the molecule is C=CCc1c(CCCC)cccc1C1=NC(C)(C)CO1. The van der Waals surface area contributed by atoms with Gasteiger partial charge in [0.1, 0.15) is 6.61 Å². The summed E-state index contributed by atoms with van der Waals surface area (Å²) in [6.07, 6.45) is 6.38. The first-order valence-corrected chi connectivity index (χ1v) is 7.52. The second-order valence-electron chi connectivity index (χ2n) is 6.06. The van der Waals surface area contributed by atoms with Crippen molar-refractivity contribution in [1.82, 2.24) is 0 Å². The Labute approximate surface area is 122 Å². The molecule has 1 aliphatic heterocycles. The lowest BCUT2D eigenvalue weighted by Gasteiger charge is -2.13. The molecule has 2 heteroatoms. The Balaban J connectivity index is 2.39. The summed E-state index contributed by atoms with van der Waals surface area (Å²) in [6.45, 7) is 11.0. The van der Waals surface area contributed by atoms with Crippen molar-refractivity contribution >= 4 is 5.90 Å². The molecule has 0 saturated heterocycles. The Bertz CT molecular complexity index is 514. The van der Waals surface area contributed by atoms with Crippen LogP contribution in [0.5, 0.6) is 0 Å². The number of nitrogens with zero attached hydrogens (tertiary/aromatic N) is 1. The summed E-state index contributed by atoms with van der Waals surface area (Å²) in [5.74, 6) is 0.796. The molecule has 0 saturated carbocycles. The third kappa shape index (κ3) is 3.30. The number of rotatable bonds is 6. The van der Waals surface area contributed by atoms with Gasteiger partial charge in [0.15, 0.2) is 0 Å². The molecular formula is C18H25NO. The highest BCUT2D eigenvalue weighted by Gasteiger charge is 2.28. The lowest BCUT2D eigenvalue weighted by Crippen LogP contribution is -2.17. The van der Waals surface area contributed by atoms with Gasteiger partial charge in [0.25, 0.3) is 0 Å². The molecule has 1 heterocycles. The minimum Gasteiger partial charge on any atom is -0.475 e. The average molecular weight is 271 g/mol. The highest BCUT2D eigenvalue weighted by molar-refractivity contribution is 5.97. The number of unbranched alkanes of at least 4 members (excludes halogenated alkanes) is 1. The number of aliphatic imine (C=N–C) groups is 1. The van der Waals surface area contributed by atoms with Gasteiger partial charge in [-0.1, -0.05) is 31.6 Å². The molecule has 1 aliphatic rings. The van der Waals surface area contributed by atoms with Crippen LogP contribution in [0.2, 0.25) is 0 Å². The van der Waals surface area contributed by atoms with Crippen molar-refractivity contribution in [3.05, 3.63) is 47.5 Å². The van der Waals surface area contributed by atoms with Crippen molar-refractivity contribution in [3.63, 3.8) is 0 Å². The summed E-state index contributed by atoms with van der Waals surface area (Å²) >= 11 is 0. The first kappa shape index (κ1) is 14.8. The van der Waals surface area contributed by atoms with E-state index in [1.165, 1.54) is 24.0 Å². The number of allylic oxidation sites excluding steroid dienone is 1. The Hall–Kier alpha value is -1.57. The van der Waals surface area contributed by atoms with Crippen LogP contribution in [0.15, 0.2) is 35.8 Å². The second kappa shape index (κ2) is 6.25. The van der Waals surface area contributed by atoms with E-state index >= 15 is 0 Å². The minimum absolute atomic E-state index is 0.111. The molecule has 0 aromatic heterocycles. The van der Waals surface area contributed by atoms with Gasteiger partial charge in [-0.05, 0) is 50.3 Å². The van der Waals surface area contributed by atoms with Crippen molar-refractivity contribution in [2.24, 2.45) is 4.99 Å². The summed E-state index contributed by atoms with van der Waals surface area (Å²) < 4.78 is 5.82. The van der Waals surface area contributed by atoms with Crippen molar-refractivity contribution in [2.75, 3.05) is 6.61 Å². The van der Waals surface area contributed by atoms with Crippen molar-refractivity contribution in [2.45, 2.75) is 52.0 Å². The number of hydrogen-bond acceptors (Lipinski definition) is 2. The first-order valence-electron chi connectivity index (χ1n) is 7.52. The summed E-state index contributed by atoms with van der Waals surface area (Å²) in [6, 6.07) is 6.46. The molecule has 2 rings (SSSR count). The van der Waals surface area contributed by atoms with Gasteiger partial charge in [-0.2, -0.15) is 0 Å². The van der Waals surface area contributed by atoms with E-state index in [1.54, 1.807) is 0 Å². The molecule has 0 N–H and O–H groups in total. The van der Waals surface area contributed by atoms with Gasteiger partial charge in [0.05, 0.1) is 5.54 Å². The van der Waals surface area contributed by atoms with E-state index in [0.29, 0.717) is 6.61 Å². The monoisotopic (exact) mass is 271 g/mol. The first-order chi connectivity index (χ1) is 9.57. The molecule has 1 aromatic carbocycles. The molecule has 2 nitrogen and oxygen atoms in total. The maximum atomic E-state index is 5.82. The third-order valence-corrected chi connectivity index (χ3v) is 3.62. The zero-order valence-electron chi connectivity index (χ0n) is 12.9. The summed E-state index contributed by atoms with van der Waals surface area (Å²) in [5.41, 5.74) is 3.76. The summed E-state index contributed by atoms with van der Waals surface area (Å²) in [7, 11) is 0. The van der Waals surface area contributed by atoms with Crippen LogP contribution in [-0.4, -0.2) is 18.0 Å². The van der Waals surface area contributed by atoms with Crippen LogP contribution < -0.4 is 0 Å². The van der Waals surface area contributed by atoms with Crippen molar-refractivity contribution in [3.8, 4) is 0 Å². The lowest BCUT2D eigenvalue weighted by atomic mass is 9.94. The fourth-order valence-electron chi connectivity index (χ4n) is 2.54. The quantitative estimate of drug-likeness (QED) is 0.706. The topological polar surface area (TPSA) is 21.6 Å². The Morgan fingerprint density at radius 3 is 2.80 bits per heavy atom. The van der Waals surface area contributed by atoms with E-state index in [0.717, 1.165) is 24.3 Å². The summed E-state index contributed by atoms with van der Waals surface area (Å²) in [4.78, 5) is 4.72. The lowest BCUT2D eigenvalue weighted by molar-refractivity contribution is 0.279. The van der Waals surface area contributed by atoms with Crippen molar-refractivity contribution in [1.29, 1.82) is 0 Å². The van der Waals surface area contributed by atoms with E-state index in [-0.39, 0.29) is 5.54 Å². The molecule has 0 aliphatic carbocycles. The summed E-state index contributed by atoms with van der Waals surface area (Å²) in [5, 5.41) is 0. The molecule has 0 radical (unpaired) electrons. The number of ether oxygens (including phenoxy) is 1. The normalized spacial score (nSPS) is 16.6. The Kier molecular flexibility index (Phi) is 4.64. The van der Waals surface area contributed by atoms with E-state index < -0.39 is 0 Å². The molecule has 0 bridgehead atoms. The van der Waals surface area contributed by atoms with Gasteiger partial charge in [0, 0.05) is 5.56 Å². The van der Waals surface area contributed by atoms with Crippen LogP contribution in [0.3, 0.4) is 0 Å². The van der Waals surface area contributed by atoms with Crippen LogP contribution in [-0.2, 0) is 17.6 Å². The van der Waals surface area contributed by atoms with Gasteiger partial charge in [-0.25, -0.2) is 4.99 Å². The molecular weight excluding hydrogens is 246 g/mol. The van der Waals surface area contributed by atoms with Crippen LogP contribution in [0, 0.1) is 0 Å². The molecule has 108 valence electrons. The Morgan fingerprint density at radius 1 is 1.40 bits per heavy atom. The number of benzene rings is 1. The smallest absolute Gasteiger partial charge is 0.217 e. The van der Waals surface area contributed by atoms with Gasteiger partial charge >= 0.3 is 0 Å². The molecule has 20 heavy (non-hydrogen) atoms. The molecule has 0 amide bonds. The van der Waals surface area contributed by atoms with Crippen LogP contribution in [0.4, 0.5) is 0 Å². The predicted molar refractivity (Wildman–Crippen MR) is 85.5 cm³/mol. The highest BCUT2D eigenvalue weighted by atomic mass is 16.5. The fraction of sp³-hybridized carbons (Fsp3) is 0.500. The largest absolute Gasteiger partial charge is 0.475 e. The van der Waals surface area contributed by atoms with E-state index in [9.17, 15) is 0 Å². The molecule has 0 unspecified atom stereocenters. The van der Waals surface area contributed by atoms with Gasteiger partial charge < -0.3 is 4.74 Å². The molecule has 0 fully saturated rings. The van der Waals surface area contributed by atoms with Crippen LogP contribution in [0.1, 0.15) is 50.3 Å². The second-order valence-corrected chi connectivity index (χ2v) is 6.06. The zero-order chi connectivity index (χ0) is 14.6.